The van der Waals surface area contributed by atoms with E-state index in [0.717, 1.165) is 12.1 Å². The number of rotatable bonds is 3. The number of halogens is 3. The first kappa shape index (κ1) is 13.8. The molecule has 0 saturated carbocycles. The summed E-state index contributed by atoms with van der Waals surface area (Å²) < 4.78 is 41.5. The van der Waals surface area contributed by atoms with Crippen LogP contribution in [0.2, 0.25) is 0 Å². The number of nitrogens with zero attached hydrogens (tertiary/aromatic N) is 3. The molecule has 0 atom stereocenters. The Bertz CT molecular complexity index is 579. The summed E-state index contributed by atoms with van der Waals surface area (Å²) in [5.74, 6) is 0.00569. The molecule has 6 nitrogen and oxygen atoms in total. The van der Waals surface area contributed by atoms with Crippen molar-refractivity contribution in [3.63, 3.8) is 0 Å². The highest BCUT2D eigenvalue weighted by atomic mass is 19.4. The Kier molecular flexibility index (Phi) is 3.87. The number of amidine groups is 1. The maximum absolute atomic E-state index is 12.4. The van der Waals surface area contributed by atoms with E-state index in [1.165, 1.54) is 18.3 Å². The molecule has 0 aliphatic carbocycles. The van der Waals surface area contributed by atoms with Crippen LogP contribution in [0.25, 0.3) is 0 Å². The second-order valence-electron chi connectivity index (χ2n) is 3.79. The van der Waals surface area contributed by atoms with Crippen molar-refractivity contribution in [2.45, 2.75) is 12.7 Å². The molecule has 20 heavy (non-hydrogen) atoms. The fraction of sp³-hybridized carbons (Fsp3) is 0.182. The predicted molar refractivity (Wildman–Crippen MR) is 60.9 cm³/mol. The van der Waals surface area contributed by atoms with Crippen molar-refractivity contribution in [3.8, 4) is 0 Å². The summed E-state index contributed by atoms with van der Waals surface area (Å²) in [6, 6.07) is 4.60. The first-order valence-electron chi connectivity index (χ1n) is 5.40. The predicted octanol–water partition coefficient (Wildman–Crippen LogP) is 2.01. The number of hydrogen-bond acceptors (Lipinski definition) is 5. The molecule has 1 aromatic carbocycles. The second-order valence-corrected chi connectivity index (χ2v) is 3.79. The number of alkyl halides is 3. The summed E-state index contributed by atoms with van der Waals surface area (Å²) in [6.45, 7) is 0.157. The van der Waals surface area contributed by atoms with E-state index < -0.39 is 11.7 Å². The van der Waals surface area contributed by atoms with E-state index in [0.29, 0.717) is 5.56 Å². The molecular formula is C11H9F3N4O2. The third-order valence-electron chi connectivity index (χ3n) is 2.45. The molecule has 0 bridgehead atoms. The third-order valence-corrected chi connectivity index (χ3v) is 2.45. The van der Waals surface area contributed by atoms with Crippen LogP contribution in [-0.2, 0) is 12.7 Å². The van der Waals surface area contributed by atoms with Gasteiger partial charge in [0.05, 0.1) is 5.56 Å². The van der Waals surface area contributed by atoms with Crippen molar-refractivity contribution in [2.24, 2.45) is 5.16 Å². The van der Waals surface area contributed by atoms with E-state index in [1.54, 1.807) is 0 Å². The van der Waals surface area contributed by atoms with Crippen LogP contribution >= 0.6 is 0 Å². The quantitative estimate of drug-likeness (QED) is 0.390. The monoisotopic (exact) mass is 286 g/mol. The van der Waals surface area contributed by atoms with Gasteiger partial charge in [-0.3, -0.25) is 0 Å². The van der Waals surface area contributed by atoms with Crippen LogP contribution in [0, 0.1) is 0 Å². The summed E-state index contributed by atoms with van der Waals surface area (Å²) in [5, 5.41) is 21.3. The molecule has 0 aliphatic heterocycles. The average molecular weight is 286 g/mol. The average Bonchev–Trinajstić information content (AvgIpc) is 2.93. The lowest BCUT2D eigenvalue weighted by Gasteiger charge is -2.08. The molecule has 0 spiro atoms. The molecule has 0 fully saturated rings. The molecule has 2 aromatic rings. The molecule has 106 valence electrons. The standard InChI is InChI=1S/C11H9F3N4O2/c12-11(13,14)8-3-1-7(2-4-8)5-15-10(17-19)9-6-16-20-18-9/h1-4,6,19H,5H2,(H,15,17). The minimum atomic E-state index is -4.37. The highest BCUT2D eigenvalue weighted by Gasteiger charge is 2.29. The first-order valence-corrected chi connectivity index (χ1v) is 5.40. The third kappa shape index (κ3) is 3.25. The highest BCUT2D eigenvalue weighted by Crippen LogP contribution is 2.28. The number of benzene rings is 1. The van der Waals surface area contributed by atoms with Crippen LogP contribution < -0.4 is 5.32 Å². The zero-order valence-corrected chi connectivity index (χ0v) is 9.92. The van der Waals surface area contributed by atoms with Gasteiger partial charge in [-0.15, -0.1) is 0 Å². The fourth-order valence-electron chi connectivity index (χ4n) is 1.44. The zero-order chi connectivity index (χ0) is 14.6. The molecule has 0 unspecified atom stereocenters. The lowest BCUT2D eigenvalue weighted by molar-refractivity contribution is -0.137. The molecule has 1 aromatic heterocycles. The normalized spacial score (nSPS) is 12.4. The van der Waals surface area contributed by atoms with Crippen LogP contribution in [0.4, 0.5) is 13.2 Å². The number of hydrogen-bond donors (Lipinski definition) is 2. The summed E-state index contributed by atoms with van der Waals surface area (Å²) in [4.78, 5) is 0. The van der Waals surface area contributed by atoms with Crippen LogP contribution in [0.15, 0.2) is 40.2 Å². The Hall–Kier alpha value is -2.58. The van der Waals surface area contributed by atoms with Gasteiger partial charge in [0.2, 0.25) is 0 Å². The van der Waals surface area contributed by atoms with Gasteiger partial charge in [-0.25, -0.2) is 4.63 Å². The van der Waals surface area contributed by atoms with Crippen molar-refractivity contribution < 1.29 is 23.0 Å². The van der Waals surface area contributed by atoms with Crippen molar-refractivity contribution in [1.82, 2.24) is 15.6 Å². The maximum atomic E-state index is 12.4. The van der Waals surface area contributed by atoms with Gasteiger partial charge in [0.1, 0.15) is 6.20 Å². The molecule has 2 rings (SSSR count). The topological polar surface area (TPSA) is 83.5 Å². The van der Waals surface area contributed by atoms with Crippen LogP contribution in [-0.4, -0.2) is 21.4 Å². The Morgan fingerprint density at radius 3 is 2.50 bits per heavy atom. The molecule has 0 radical (unpaired) electrons. The Morgan fingerprint density at radius 2 is 2.00 bits per heavy atom. The van der Waals surface area contributed by atoms with E-state index in [-0.39, 0.29) is 18.1 Å². The summed E-state index contributed by atoms with van der Waals surface area (Å²) in [5.41, 5.74) is 0.0352. The lowest BCUT2D eigenvalue weighted by atomic mass is 10.1. The summed E-state index contributed by atoms with van der Waals surface area (Å²) in [6.07, 6.45) is -3.13. The molecule has 0 saturated heterocycles. The van der Waals surface area contributed by atoms with Crippen LogP contribution in [0.1, 0.15) is 16.8 Å². The molecule has 0 aliphatic rings. The van der Waals surface area contributed by atoms with E-state index >= 15 is 0 Å². The van der Waals surface area contributed by atoms with E-state index in [2.05, 4.69) is 25.4 Å². The van der Waals surface area contributed by atoms with E-state index in [1.807, 2.05) is 0 Å². The molecule has 2 N–H and O–H groups in total. The summed E-state index contributed by atoms with van der Waals surface area (Å²) >= 11 is 0. The van der Waals surface area contributed by atoms with Gasteiger partial charge in [0.15, 0.2) is 11.5 Å². The van der Waals surface area contributed by atoms with Crippen molar-refractivity contribution in [3.05, 3.63) is 47.3 Å². The fourth-order valence-corrected chi connectivity index (χ4v) is 1.44. The summed E-state index contributed by atoms with van der Waals surface area (Å²) in [7, 11) is 0. The number of oxime groups is 1. The molecular weight excluding hydrogens is 277 g/mol. The first-order chi connectivity index (χ1) is 9.50. The molecule has 9 heteroatoms. The minimum absolute atomic E-state index is 0.00569. The van der Waals surface area contributed by atoms with E-state index in [4.69, 9.17) is 5.21 Å². The van der Waals surface area contributed by atoms with Gasteiger partial charge in [0.25, 0.3) is 0 Å². The van der Waals surface area contributed by atoms with Gasteiger partial charge in [-0.05, 0) is 22.9 Å². The van der Waals surface area contributed by atoms with Crippen molar-refractivity contribution >= 4 is 5.84 Å². The maximum Gasteiger partial charge on any atom is 0.416 e. The van der Waals surface area contributed by atoms with Crippen molar-refractivity contribution in [1.29, 1.82) is 0 Å². The smallest absolute Gasteiger partial charge is 0.409 e. The minimum Gasteiger partial charge on any atom is -0.409 e. The Morgan fingerprint density at radius 1 is 1.30 bits per heavy atom. The van der Waals surface area contributed by atoms with Crippen LogP contribution in [0.3, 0.4) is 0 Å². The lowest BCUT2D eigenvalue weighted by Crippen LogP contribution is -2.24. The highest BCUT2D eigenvalue weighted by molar-refractivity contribution is 5.96. The molecule has 0 amide bonds. The van der Waals surface area contributed by atoms with E-state index in [9.17, 15) is 13.2 Å². The largest absolute Gasteiger partial charge is 0.416 e. The Balaban J connectivity index is 2.01. The van der Waals surface area contributed by atoms with Crippen molar-refractivity contribution in [2.75, 3.05) is 0 Å². The van der Waals surface area contributed by atoms with Gasteiger partial charge in [-0.1, -0.05) is 22.4 Å². The Labute approximate surface area is 110 Å². The van der Waals surface area contributed by atoms with Gasteiger partial charge in [0, 0.05) is 6.54 Å². The van der Waals surface area contributed by atoms with Gasteiger partial charge in [-0.2, -0.15) is 13.2 Å². The van der Waals surface area contributed by atoms with Gasteiger partial charge >= 0.3 is 6.18 Å². The SMILES string of the molecule is ON=C(NCc1ccc(C(F)(F)F)cc1)c1cnon1. The zero-order valence-electron chi connectivity index (χ0n) is 9.92. The number of nitrogens with one attached hydrogen (secondary N) is 1. The van der Waals surface area contributed by atoms with Crippen LogP contribution in [0.5, 0.6) is 0 Å². The second kappa shape index (κ2) is 5.59. The van der Waals surface area contributed by atoms with Gasteiger partial charge < -0.3 is 10.5 Å². The number of aromatic nitrogens is 2. The molecule has 1 heterocycles.